The van der Waals surface area contributed by atoms with Gasteiger partial charge in [0.15, 0.2) is 0 Å². The normalized spacial score (nSPS) is 16.3. The highest BCUT2D eigenvalue weighted by Gasteiger charge is 2.45. The van der Waals surface area contributed by atoms with Crippen molar-refractivity contribution in [1.82, 2.24) is 19.6 Å². The lowest BCUT2D eigenvalue weighted by Crippen LogP contribution is -2.21. The molecule has 1 N–H and O–H groups in total. The molecule has 0 spiro atoms. The van der Waals surface area contributed by atoms with Crippen molar-refractivity contribution in [3.8, 4) is 0 Å². The van der Waals surface area contributed by atoms with Crippen molar-refractivity contribution in [2.75, 3.05) is 5.32 Å². The summed E-state index contributed by atoms with van der Waals surface area (Å²) in [5.74, 6) is 1.22. The molecule has 1 aromatic carbocycles. The van der Waals surface area contributed by atoms with Crippen LogP contribution in [0.3, 0.4) is 0 Å². The fraction of sp³-hybridized carbons (Fsp3) is 0.312. The van der Waals surface area contributed by atoms with Crippen molar-refractivity contribution in [2.24, 2.45) is 0 Å². The van der Waals surface area contributed by atoms with E-state index in [0.717, 1.165) is 42.0 Å². The Morgan fingerprint density at radius 2 is 1.88 bits per heavy atom. The van der Waals surface area contributed by atoms with Gasteiger partial charge < -0.3 is 5.32 Å². The molecule has 4 rings (SSSR count). The number of aromatic nitrogens is 4. The van der Waals surface area contributed by atoms with Crippen LogP contribution in [0.25, 0.3) is 5.78 Å². The zero-order chi connectivity index (χ0) is 16.9. The van der Waals surface area contributed by atoms with Gasteiger partial charge in [0.25, 0.3) is 5.78 Å². The molecule has 3 aromatic rings. The third kappa shape index (κ3) is 2.47. The third-order valence-electron chi connectivity index (χ3n) is 4.26. The van der Waals surface area contributed by atoms with Crippen LogP contribution >= 0.6 is 0 Å². The molecule has 1 saturated carbocycles. The molecule has 1 aliphatic rings. The third-order valence-corrected chi connectivity index (χ3v) is 4.26. The van der Waals surface area contributed by atoms with Crippen LogP contribution < -0.4 is 5.32 Å². The molecule has 24 heavy (non-hydrogen) atoms. The van der Waals surface area contributed by atoms with Crippen molar-refractivity contribution in [1.29, 1.82) is 0 Å². The molecule has 8 heteroatoms. The van der Waals surface area contributed by atoms with Gasteiger partial charge in [-0.3, -0.25) is 0 Å². The number of alkyl halides is 3. The maximum atomic E-state index is 12.7. The minimum Gasteiger partial charge on any atom is -0.360 e. The number of hydrogen-bond acceptors (Lipinski definition) is 4. The van der Waals surface area contributed by atoms with Crippen molar-refractivity contribution in [3.63, 3.8) is 0 Å². The van der Waals surface area contributed by atoms with Crippen LogP contribution in [0.4, 0.5) is 19.0 Å². The van der Waals surface area contributed by atoms with Gasteiger partial charge in [0.05, 0.1) is 11.1 Å². The van der Waals surface area contributed by atoms with Crippen LogP contribution in [-0.2, 0) is 11.7 Å². The summed E-state index contributed by atoms with van der Waals surface area (Å²) in [6.45, 7) is 1.86. The summed E-state index contributed by atoms with van der Waals surface area (Å²) in [4.78, 5) is 8.36. The summed E-state index contributed by atoms with van der Waals surface area (Å²) < 4.78 is 39.8. The Morgan fingerprint density at radius 1 is 1.17 bits per heavy atom. The van der Waals surface area contributed by atoms with E-state index >= 15 is 0 Å². The van der Waals surface area contributed by atoms with Crippen LogP contribution in [0.5, 0.6) is 0 Å². The number of benzene rings is 1. The van der Waals surface area contributed by atoms with E-state index in [2.05, 4.69) is 20.4 Å². The largest absolute Gasteiger partial charge is 0.416 e. The van der Waals surface area contributed by atoms with Gasteiger partial charge in [-0.15, -0.1) is 0 Å². The summed E-state index contributed by atoms with van der Waals surface area (Å²) in [6, 6.07) is 7.18. The van der Waals surface area contributed by atoms with E-state index in [0.29, 0.717) is 5.78 Å². The van der Waals surface area contributed by atoms with E-state index in [-0.39, 0.29) is 5.54 Å². The molecular weight excluding hydrogens is 319 g/mol. The first-order valence-electron chi connectivity index (χ1n) is 7.51. The fourth-order valence-electron chi connectivity index (χ4n) is 2.85. The van der Waals surface area contributed by atoms with Crippen LogP contribution in [0.1, 0.15) is 29.7 Å². The summed E-state index contributed by atoms with van der Waals surface area (Å²) in [5, 5.41) is 7.56. The van der Waals surface area contributed by atoms with Crippen LogP contribution in [0, 0.1) is 6.92 Å². The van der Waals surface area contributed by atoms with E-state index < -0.39 is 11.7 Å². The van der Waals surface area contributed by atoms with Gasteiger partial charge >= 0.3 is 6.18 Å². The lowest BCUT2D eigenvalue weighted by molar-refractivity contribution is -0.137. The number of fused-ring (bicyclic) bond motifs is 1. The molecular formula is C16H14F3N5. The number of hydrogen-bond donors (Lipinski definition) is 1. The van der Waals surface area contributed by atoms with E-state index in [1.165, 1.54) is 18.5 Å². The topological polar surface area (TPSA) is 55.1 Å². The molecule has 1 aliphatic carbocycles. The van der Waals surface area contributed by atoms with Crippen LogP contribution in [0.2, 0.25) is 0 Å². The fourth-order valence-corrected chi connectivity index (χ4v) is 2.85. The second-order valence-corrected chi connectivity index (χ2v) is 6.04. The maximum absolute atomic E-state index is 12.7. The average molecular weight is 333 g/mol. The maximum Gasteiger partial charge on any atom is 0.416 e. The zero-order valence-corrected chi connectivity index (χ0v) is 12.8. The molecule has 2 aromatic heterocycles. The Labute approximate surface area is 135 Å². The van der Waals surface area contributed by atoms with Gasteiger partial charge in [-0.1, -0.05) is 12.1 Å². The Hall–Kier alpha value is -2.64. The van der Waals surface area contributed by atoms with Crippen molar-refractivity contribution in [3.05, 3.63) is 53.5 Å². The molecule has 124 valence electrons. The number of halogens is 3. The zero-order valence-electron chi connectivity index (χ0n) is 12.8. The minimum atomic E-state index is -4.32. The molecule has 0 amide bonds. The SMILES string of the molecule is Cc1cc(NC2(c3ccc(C(F)(F)F)cc3)CC2)n2ncnc2n1. The summed E-state index contributed by atoms with van der Waals surface area (Å²) in [6.07, 6.45) is -1.21. The lowest BCUT2D eigenvalue weighted by Gasteiger charge is -2.20. The molecule has 0 atom stereocenters. The predicted molar refractivity (Wildman–Crippen MR) is 81.5 cm³/mol. The smallest absolute Gasteiger partial charge is 0.360 e. The molecule has 0 radical (unpaired) electrons. The Balaban J connectivity index is 1.67. The average Bonchev–Trinajstić information content (AvgIpc) is 3.15. The quantitative estimate of drug-likeness (QED) is 0.796. The summed E-state index contributed by atoms with van der Waals surface area (Å²) in [7, 11) is 0. The minimum absolute atomic E-state index is 0.364. The first kappa shape index (κ1) is 14.9. The first-order chi connectivity index (χ1) is 11.4. The monoisotopic (exact) mass is 333 g/mol. The first-order valence-corrected chi connectivity index (χ1v) is 7.51. The van der Waals surface area contributed by atoms with Gasteiger partial charge in [0, 0.05) is 11.8 Å². The number of nitrogens with zero attached hydrogens (tertiary/aromatic N) is 4. The second-order valence-electron chi connectivity index (χ2n) is 6.04. The number of nitrogens with one attached hydrogen (secondary N) is 1. The molecule has 0 bridgehead atoms. The molecule has 0 aliphatic heterocycles. The van der Waals surface area contributed by atoms with Crippen molar-refractivity contribution in [2.45, 2.75) is 31.5 Å². The molecule has 1 fully saturated rings. The van der Waals surface area contributed by atoms with Gasteiger partial charge in [0.2, 0.25) is 0 Å². The highest BCUT2D eigenvalue weighted by atomic mass is 19.4. The summed E-state index contributed by atoms with van der Waals surface area (Å²) in [5.41, 5.74) is 0.622. The number of anilines is 1. The van der Waals surface area contributed by atoms with E-state index in [1.54, 1.807) is 4.52 Å². The van der Waals surface area contributed by atoms with Gasteiger partial charge in [-0.25, -0.2) is 4.98 Å². The molecule has 2 heterocycles. The van der Waals surface area contributed by atoms with E-state index in [4.69, 9.17) is 0 Å². The van der Waals surface area contributed by atoms with E-state index in [9.17, 15) is 13.2 Å². The predicted octanol–water partition coefficient (Wildman–Crippen LogP) is 3.55. The Bertz CT molecular complexity index is 894. The van der Waals surface area contributed by atoms with Crippen LogP contribution in [-0.4, -0.2) is 19.6 Å². The second kappa shape index (κ2) is 4.93. The Kier molecular flexibility index (Phi) is 3.06. The number of rotatable bonds is 3. The molecule has 0 unspecified atom stereocenters. The Morgan fingerprint density at radius 3 is 2.50 bits per heavy atom. The molecule has 5 nitrogen and oxygen atoms in total. The standard InChI is InChI=1S/C16H14F3N5/c1-10-8-13(24-14(22-10)20-9-21-24)23-15(6-7-15)11-2-4-12(5-3-11)16(17,18)19/h2-5,8-9,23H,6-7H2,1H3. The van der Waals surface area contributed by atoms with Crippen molar-refractivity contribution < 1.29 is 13.2 Å². The van der Waals surface area contributed by atoms with E-state index in [1.807, 2.05) is 13.0 Å². The van der Waals surface area contributed by atoms with Gasteiger partial charge in [0.1, 0.15) is 12.1 Å². The highest BCUT2D eigenvalue weighted by Crippen LogP contribution is 2.48. The summed E-state index contributed by atoms with van der Waals surface area (Å²) >= 11 is 0. The lowest BCUT2D eigenvalue weighted by atomic mass is 10.0. The van der Waals surface area contributed by atoms with Gasteiger partial charge in [-0.2, -0.15) is 27.8 Å². The van der Waals surface area contributed by atoms with Gasteiger partial charge in [-0.05, 0) is 37.5 Å². The van der Waals surface area contributed by atoms with Crippen molar-refractivity contribution >= 4 is 11.6 Å². The molecule has 0 saturated heterocycles. The highest BCUT2D eigenvalue weighted by molar-refractivity contribution is 5.51. The van der Waals surface area contributed by atoms with Crippen LogP contribution in [0.15, 0.2) is 36.7 Å². The number of aryl methyl sites for hydroxylation is 1.